The Bertz CT molecular complexity index is 586. The van der Waals surface area contributed by atoms with Gasteiger partial charge in [0, 0.05) is 17.7 Å². The van der Waals surface area contributed by atoms with Crippen LogP contribution in [0.5, 0.6) is 0 Å². The Morgan fingerprint density at radius 1 is 1.19 bits per heavy atom. The van der Waals surface area contributed by atoms with Gasteiger partial charge in [0.25, 0.3) is 0 Å². The number of nitrogens with one attached hydrogen (secondary N) is 1. The van der Waals surface area contributed by atoms with Crippen molar-refractivity contribution in [3.8, 4) is 0 Å². The van der Waals surface area contributed by atoms with Crippen LogP contribution < -0.4 is 5.32 Å². The van der Waals surface area contributed by atoms with Crippen LogP contribution in [0, 0.1) is 0 Å². The molecule has 1 unspecified atom stereocenters. The highest BCUT2D eigenvalue weighted by Gasteiger charge is 2.14. The maximum Gasteiger partial charge on any atom is 0.237 e. The van der Waals surface area contributed by atoms with Gasteiger partial charge in [-0.2, -0.15) is 0 Å². The molecule has 0 radical (unpaired) electrons. The van der Waals surface area contributed by atoms with Crippen molar-refractivity contribution < 1.29 is 9.53 Å². The monoisotopic (exact) mass is 301 g/mol. The Labute approximate surface area is 129 Å². The summed E-state index contributed by atoms with van der Waals surface area (Å²) in [6.07, 6.45) is 0. The van der Waals surface area contributed by atoms with Crippen molar-refractivity contribution in [2.75, 3.05) is 12.4 Å². The van der Waals surface area contributed by atoms with Gasteiger partial charge in [-0.15, -0.1) is 11.8 Å². The van der Waals surface area contributed by atoms with E-state index in [-0.39, 0.29) is 11.2 Å². The van der Waals surface area contributed by atoms with Gasteiger partial charge in [0.05, 0.1) is 11.9 Å². The molecule has 0 aliphatic carbocycles. The molecule has 0 fully saturated rings. The fourth-order valence-corrected chi connectivity index (χ4v) is 2.79. The van der Waals surface area contributed by atoms with Crippen LogP contribution >= 0.6 is 11.8 Å². The van der Waals surface area contributed by atoms with E-state index in [1.54, 1.807) is 18.9 Å². The first-order valence-electron chi connectivity index (χ1n) is 6.79. The maximum absolute atomic E-state index is 12.2. The Balaban J connectivity index is 1.95. The van der Waals surface area contributed by atoms with Gasteiger partial charge in [-0.3, -0.25) is 4.79 Å². The molecule has 0 spiro atoms. The molecule has 2 aromatic rings. The number of methoxy groups -OCH3 is 1. The van der Waals surface area contributed by atoms with E-state index in [4.69, 9.17) is 4.74 Å². The van der Waals surface area contributed by atoms with Gasteiger partial charge in [0.15, 0.2) is 0 Å². The number of carbonyl (C=O) groups is 1. The summed E-state index contributed by atoms with van der Waals surface area (Å²) in [4.78, 5) is 13.3. The predicted molar refractivity (Wildman–Crippen MR) is 87.5 cm³/mol. The van der Waals surface area contributed by atoms with Crippen LogP contribution in [0.15, 0.2) is 59.5 Å². The van der Waals surface area contributed by atoms with Gasteiger partial charge in [-0.25, -0.2) is 0 Å². The second kappa shape index (κ2) is 7.86. The molecular formula is C17H19NO2S. The summed E-state index contributed by atoms with van der Waals surface area (Å²) >= 11 is 1.55. The third-order valence-corrected chi connectivity index (χ3v) is 4.04. The first-order chi connectivity index (χ1) is 10.2. The smallest absolute Gasteiger partial charge is 0.237 e. The first kappa shape index (κ1) is 15.6. The molecule has 0 saturated heterocycles. The van der Waals surface area contributed by atoms with Gasteiger partial charge < -0.3 is 10.1 Å². The van der Waals surface area contributed by atoms with Crippen molar-refractivity contribution in [1.82, 2.24) is 0 Å². The van der Waals surface area contributed by atoms with E-state index < -0.39 is 0 Å². The summed E-state index contributed by atoms with van der Waals surface area (Å²) in [5.74, 6) is -0.00146. The Hall–Kier alpha value is -1.78. The minimum atomic E-state index is -0.154. The number of amides is 1. The SMILES string of the molecule is COCc1cccc(NC(=O)C(C)Sc2ccccc2)c1. The van der Waals surface area contributed by atoms with Crippen LogP contribution in [-0.4, -0.2) is 18.3 Å². The van der Waals surface area contributed by atoms with Gasteiger partial charge >= 0.3 is 0 Å². The summed E-state index contributed by atoms with van der Waals surface area (Å²) in [6.45, 7) is 2.45. The molecule has 0 heterocycles. The molecule has 0 aliphatic rings. The molecule has 3 nitrogen and oxygen atoms in total. The lowest BCUT2D eigenvalue weighted by molar-refractivity contribution is -0.115. The van der Waals surface area contributed by atoms with Crippen LogP contribution in [-0.2, 0) is 16.1 Å². The summed E-state index contributed by atoms with van der Waals surface area (Å²) in [6, 6.07) is 17.6. The highest BCUT2D eigenvalue weighted by Crippen LogP contribution is 2.23. The van der Waals surface area contributed by atoms with E-state index in [1.165, 1.54) is 0 Å². The number of anilines is 1. The minimum absolute atomic E-state index is 0.00146. The maximum atomic E-state index is 12.2. The fraction of sp³-hybridized carbons (Fsp3) is 0.235. The Kier molecular flexibility index (Phi) is 5.84. The van der Waals surface area contributed by atoms with E-state index in [2.05, 4.69) is 5.32 Å². The second-order valence-electron chi connectivity index (χ2n) is 4.70. The largest absolute Gasteiger partial charge is 0.380 e. The minimum Gasteiger partial charge on any atom is -0.380 e. The third kappa shape index (κ3) is 4.92. The highest BCUT2D eigenvalue weighted by atomic mass is 32.2. The first-order valence-corrected chi connectivity index (χ1v) is 7.67. The zero-order valence-corrected chi connectivity index (χ0v) is 13.0. The van der Waals surface area contributed by atoms with Crippen molar-refractivity contribution in [3.05, 3.63) is 60.2 Å². The molecule has 110 valence electrons. The van der Waals surface area contributed by atoms with Crippen molar-refractivity contribution in [2.45, 2.75) is 23.7 Å². The van der Waals surface area contributed by atoms with E-state index in [1.807, 2.05) is 61.5 Å². The summed E-state index contributed by atoms with van der Waals surface area (Å²) in [7, 11) is 1.66. The zero-order valence-electron chi connectivity index (χ0n) is 12.2. The van der Waals surface area contributed by atoms with Crippen LogP contribution in [0.4, 0.5) is 5.69 Å². The normalized spacial score (nSPS) is 11.9. The molecule has 0 bridgehead atoms. The third-order valence-electron chi connectivity index (χ3n) is 2.93. The standard InChI is InChI=1S/C17H19NO2S/c1-13(21-16-9-4-3-5-10-16)17(19)18-15-8-6-7-14(11-15)12-20-2/h3-11,13H,12H2,1-2H3,(H,18,19). The Morgan fingerprint density at radius 3 is 2.67 bits per heavy atom. The van der Waals surface area contributed by atoms with Crippen molar-refractivity contribution >= 4 is 23.4 Å². The van der Waals surface area contributed by atoms with Crippen molar-refractivity contribution in [1.29, 1.82) is 0 Å². The lowest BCUT2D eigenvalue weighted by Crippen LogP contribution is -2.22. The van der Waals surface area contributed by atoms with Gasteiger partial charge in [0.2, 0.25) is 5.91 Å². The number of hydrogen-bond acceptors (Lipinski definition) is 3. The number of benzene rings is 2. The number of ether oxygens (including phenoxy) is 1. The fourth-order valence-electron chi connectivity index (χ4n) is 1.91. The van der Waals surface area contributed by atoms with E-state index in [0.29, 0.717) is 6.61 Å². The molecular weight excluding hydrogens is 282 g/mol. The highest BCUT2D eigenvalue weighted by molar-refractivity contribution is 8.00. The average molecular weight is 301 g/mol. The molecule has 2 aromatic carbocycles. The topological polar surface area (TPSA) is 38.3 Å². The molecule has 0 aromatic heterocycles. The molecule has 1 atom stereocenters. The van der Waals surface area contributed by atoms with Gasteiger partial charge in [0.1, 0.15) is 0 Å². The summed E-state index contributed by atoms with van der Waals surface area (Å²) in [5, 5.41) is 2.79. The second-order valence-corrected chi connectivity index (χ2v) is 6.11. The molecule has 21 heavy (non-hydrogen) atoms. The van der Waals surface area contributed by atoms with Crippen molar-refractivity contribution in [3.63, 3.8) is 0 Å². The van der Waals surface area contributed by atoms with E-state index in [0.717, 1.165) is 16.1 Å². The molecule has 0 aliphatic heterocycles. The lowest BCUT2D eigenvalue weighted by Gasteiger charge is -2.12. The molecule has 1 amide bonds. The van der Waals surface area contributed by atoms with E-state index in [9.17, 15) is 4.79 Å². The van der Waals surface area contributed by atoms with Crippen LogP contribution in [0.2, 0.25) is 0 Å². The predicted octanol–water partition coefficient (Wildman–Crippen LogP) is 3.95. The molecule has 0 saturated carbocycles. The lowest BCUT2D eigenvalue weighted by atomic mass is 10.2. The number of hydrogen-bond donors (Lipinski definition) is 1. The average Bonchev–Trinajstić information content (AvgIpc) is 2.49. The quantitative estimate of drug-likeness (QED) is 0.821. The summed E-state index contributed by atoms with van der Waals surface area (Å²) in [5.41, 5.74) is 1.84. The Morgan fingerprint density at radius 2 is 1.95 bits per heavy atom. The van der Waals surface area contributed by atoms with Crippen LogP contribution in [0.3, 0.4) is 0 Å². The molecule has 1 N–H and O–H groups in total. The zero-order chi connectivity index (χ0) is 15.1. The molecule has 2 rings (SSSR count). The number of thioether (sulfide) groups is 1. The number of rotatable bonds is 6. The number of carbonyl (C=O) groups excluding carboxylic acids is 1. The van der Waals surface area contributed by atoms with Crippen molar-refractivity contribution in [2.24, 2.45) is 0 Å². The molecule has 4 heteroatoms. The van der Waals surface area contributed by atoms with E-state index >= 15 is 0 Å². The summed E-state index contributed by atoms with van der Waals surface area (Å²) < 4.78 is 5.10. The van der Waals surface area contributed by atoms with Gasteiger partial charge in [-0.1, -0.05) is 30.3 Å². The van der Waals surface area contributed by atoms with Crippen LogP contribution in [0.1, 0.15) is 12.5 Å². The van der Waals surface area contributed by atoms with Crippen LogP contribution in [0.25, 0.3) is 0 Å². The van der Waals surface area contributed by atoms with Gasteiger partial charge in [-0.05, 0) is 36.8 Å².